The summed E-state index contributed by atoms with van der Waals surface area (Å²) in [6.45, 7) is 4.01. The molecule has 2 fully saturated rings. The quantitative estimate of drug-likeness (QED) is 0.685. The summed E-state index contributed by atoms with van der Waals surface area (Å²) in [6, 6.07) is 0.0162. The van der Waals surface area contributed by atoms with E-state index >= 15 is 0 Å². The lowest BCUT2D eigenvalue weighted by molar-refractivity contribution is -0.129. The minimum atomic E-state index is -0.386. The lowest BCUT2D eigenvalue weighted by atomic mass is 9.83. The summed E-state index contributed by atoms with van der Waals surface area (Å²) in [5.41, 5.74) is -0.386. The average molecular weight is 243 g/mol. The highest BCUT2D eigenvalue weighted by atomic mass is 16.5. The monoisotopic (exact) mass is 243 g/mol. The molecule has 2 saturated heterocycles. The molecule has 0 spiro atoms. The number of hydrogen-bond donors (Lipinski definition) is 1. The second-order valence-electron chi connectivity index (χ2n) is 5.02. The van der Waals surface area contributed by atoms with Crippen LogP contribution < -0.4 is 0 Å². The summed E-state index contributed by atoms with van der Waals surface area (Å²) in [6.07, 6.45) is 2.86. The maximum atomic E-state index is 11.4. The smallest absolute Gasteiger partial charge is 0.129 e. The van der Waals surface area contributed by atoms with Crippen molar-refractivity contribution in [3.05, 3.63) is 0 Å². The highest BCUT2D eigenvalue weighted by Crippen LogP contribution is 2.28. The molecule has 0 bridgehead atoms. The summed E-state index contributed by atoms with van der Waals surface area (Å²) >= 11 is 0. The summed E-state index contributed by atoms with van der Waals surface area (Å²) in [5, 5.41) is 9.31. The van der Waals surface area contributed by atoms with Gasteiger partial charge in [0.15, 0.2) is 0 Å². The van der Waals surface area contributed by atoms with Gasteiger partial charge in [0, 0.05) is 19.7 Å². The molecule has 17 heavy (non-hydrogen) atoms. The van der Waals surface area contributed by atoms with Gasteiger partial charge in [-0.15, -0.1) is 0 Å². The summed E-state index contributed by atoms with van der Waals surface area (Å²) in [4.78, 5) is 13.5. The molecule has 2 aliphatic rings. The Balaban J connectivity index is 1.98. The van der Waals surface area contributed by atoms with Crippen LogP contribution in [0, 0.1) is 5.41 Å². The topological polar surface area (TPSA) is 59.0 Å². The number of aldehydes is 1. The Morgan fingerprint density at radius 2 is 2.29 bits per heavy atom. The number of aliphatic hydroxyl groups is 1. The Morgan fingerprint density at radius 3 is 2.94 bits per heavy atom. The van der Waals surface area contributed by atoms with E-state index in [0.717, 1.165) is 32.3 Å². The molecule has 0 aromatic heterocycles. The molecule has 2 atom stereocenters. The molecule has 0 amide bonds. The van der Waals surface area contributed by atoms with Crippen molar-refractivity contribution in [2.24, 2.45) is 5.41 Å². The van der Waals surface area contributed by atoms with Crippen LogP contribution in [0.15, 0.2) is 0 Å². The van der Waals surface area contributed by atoms with Crippen molar-refractivity contribution in [2.45, 2.75) is 18.9 Å². The number of aliphatic hydroxyl groups excluding tert-OH is 1. The van der Waals surface area contributed by atoms with Gasteiger partial charge in [0.1, 0.15) is 6.29 Å². The molecule has 98 valence electrons. The van der Waals surface area contributed by atoms with Crippen molar-refractivity contribution in [2.75, 3.05) is 46.1 Å². The lowest BCUT2D eigenvalue weighted by Gasteiger charge is -2.41. The van der Waals surface area contributed by atoms with Gasteiger partial charge in [0.2, 0.25) is 0 Å². The van der Waals surface area contributed by atoms with E-state index in [9.17, 15) is 9.90 Å². The molecular formula is C12H21NO4. The Bertz CT molecular complexity index is 253. The van der Waals surface area contributed by atoms with Gasteiger partial charge in [0.25, 0.3) is 0 Å². The second kappa shape index (κ2) is 5.91. The zero-order chi connectivity index (χ0) is 12.1. The van der Waals surface area contributed by atoms with Crippen molar-refractivity contribution in [3.63, 3.8) is 0 Å². The SMILES string of the molecule is O=CC1(CN2CCOCC2CO)CCCOC1. The number of carbonyl (C=O) groups is 1. The van der Waals surface area contributed by atoms with Crippen LogP contribution in [0.25, 0.3) is 0 Å². The fourth-order valence-electron chi connectivity index (χ4n) is 2.60. The third-order valence-corrected chi connectivity index (χ3v) is 3.68. The number of carbonyl (C=O) groups excluding carboxylic acids is 1. The van der Waals surface area contributed by atoms with E-state index < -0.39 is 0 Å². The molecule has 0 aromatic rings. The number of rotatable bonds is 4. The van der Waals surface area contributed by atoms with Gasteiger partial charge in [-0.2, -0.15) is 0 Å². The third kappa shape index (κ3) is 3.04. The molecule has 2 unspecified atom stereocenters. The Labute approximate surface area is 102 Å². The molecule has 0 saturated carbocycles. The van der Waals surface area contributed by atoms with Crippen molar-refractivity contribution in [1.29, 1.82) is 0 Å². The fraction of sp³-hybridized carbons (Fsp3) is 0.917. The largest absolute Gasteiger partial charge is 0.395 e. The summed E-state index contributed by atoms with van der Waals surface area (Å²) in [5.74, 6) is 0. The zero-order valence-corrected chi connectivity index (χ0v) is 10.1. The van der Waals surface area contributed by atoms with Gasteiger partial charge in [-0.05, 0) is 12.8 Å². The molecule has 2 rings (SSSR count). The first-order chi connectivity index (χ1) is 8.29. The van der Waals surface area contributed by atoms with Gasteiger partial charge in [-0.1, -0.05) is 0 Å². The van der Waals surface area contributed by atoms with Crippen LogP contribution >= 0.6 is 0 Å². The predicted octanol–water partition coefficient (Wildman–Crippen LogP) is -0.325. The first-order valence-corrected chi connectivity index (χ1v) is 6.26. The van der Waals surface area contributed by atoms with E-state index in [1.807, 2.05) is 0 Å². The van der Waals surface area contributed by atoms with E-state index in [1.165, 1.54) is 0 Å². The molecule has 0 aliphatic carbocycles. The first kappa shape index (κ1) is 13.0. The molecule has 5 nitrogen and oxygen atoms in total. The van der Waals surface area contributed by atoms with Crippen LogP contribution in [0.1, 0.15) is 12.8 Å². The number of hydrogen-bond acceptors (Lipinski definition) is 5. The van der Waals surface area contributed by atoms with Crippen LogP contribution in [-0.2, 0) is 14.3 Å². The van der Waals surface area contributed by atoms with E-state index in [-0.39, 0.29) is 18.1 Å². The van der Waals surface area contributed by atoms with E-state index in [1.54, 1.807) is 0 Å². The Kier molecular flexibility index (Phi) is 4.50. The summed E-state index contributed by atoms with van der Waals surface area (Å²) in [7, 11) is 0. The van der Waals surface area contributed by atoms with Crippen LogP contribution in [-0.4, -0.2) is 68.5 Å². The maximum absolute atomic E-state index is 11.4. The van der Waals surface area contributed by atoms with Crippen LogP contribution in [0.2, 0.25) is 0 Å². The number of ether oxygens (including phenoxy) is 2. The standard InChI is InChI=1S/C12H21NO4/c14-6-11-7-16-5-3-13(11)8-12(9-15)2-1-4-17-10-12/h9,11,14H,1-8,10H2. The van der Waals surface area contributed by atoms with Crippen LogP contribution in [0.5, 0.6) is 0 Å². The molecule has 0 aromatic carbocycles. The third-order valence-electron chi connectivity index (χ3n) is 3.68. The molecule has 1 N–H and O–H groups in total. The van der Waals surface area contributed by atoms with Crippen LogP contribution in [0.4, 0.5) is 0 Å². The first-order valence-electron chi connectivity index (χ1n) is 6.26. The summed E-state index contributed by atoms with van der Waals surface area (Å²) < 4.78 is 10.8. The van der Waals surface area contributed by atoms with Gasteiger partial charge in [-0.3, -0.25) is 4.90 Å². The number of nitrogens with zero attached hydrogens (tertiary/aromatic N) is 1. The minimum absolute atomic E-state index is 0.0162. The van der Waals surface area contributed by atoms with E-state index in [4.69, 9.17) is 9.47 Å². The van der Waals surface area contributed by atoms with Crippen molar-refractivity contribution >= 4 is 6.29 Å². The van der Waals surface area contributed by atoms with Gasteiger partial charge >= 0.3 is 0 Å². The van der Waals surface area contributed by atoms with E-state index in [2.05, 4.69) is 4.90 Å². The van der Waals surface area contributed by atoms with Gasteiger partial charge < -0.3 is 19.4 Å². The van der Waals surface area contributed by atoms with Crippen molar-refractivity contribution in [3.8, 4) is 0 Å². The average Bonchev–Trinajstić information content (AvgIpc) is 2.40. The molecule has 2 aliphatic heterocycles. The van der Waals surface area contributed by atoms with E-state index in [0.29, 0.717) is 26.4 Å². The van der Waals surface area contributed by atoms with Crippen molar-refractivity contribution < 1.29 is 19.4 Å². The lowest BCUT2D eigenvalue weighted by Crippen LogP contribution is -2.53. The molecular weight excluding hydrogens is 222 g/mol. The maximum Gasteiger partial charge on any atom is 0.129 e. The molecule has 0 radical (unpaired) electrons. The molecule has 2 heterocycles. The fourth-order valence-corrected chi connectivity index (χ4v) is 2.60. The Morgan fingerprint density at radius 1 is 1.41 bits per heavy atom. The zero-order valence-electron chi connectivity index (χ0n) is 10.1. The second-order valence-corrected chi connectivity index (χ2v) is 5.02. The van der Waals surface area contributed by atoms with Crippen molar-refractivity contribution in [1.82, 2.24) is 4.90 Å². The number of morpholine rings is 1. The minimum Gasteiger partial charge on any atom is -0.395 e. The molecule has 5 heteroatoms. The van der Waals surface area contributed by atoms with Gasteiger partial charge in [0.05, 0.1) is 37.9 Å². The predicted molar refractivity (Wildman–Crippen MR) is 61.8 cm³/mol. The highest BCUT2D eigenvalue weighted by molar-refractivity contribution is 5.60. The Hall–Kier alpha value is -0.490. The highest BCUT2D eigenvalue weighted by Gasteiger charge is 2.37. The van der Waals surface area contributed by atoms with Gasteiger partial charge in [-0.25, -0.2) is 0 Å². The normalized spacial score (nSPS) is 35.7. The van der Waals surface area contributed by atoms with Crippen LogP contribution in [0.3, 0.4) is 0 Å².